The molecule has 2 aromatic carbocycles. The third-order valence-corrected chi connectivity index (χ3v) is 10.2. The normalized spacial score (nSPS) is 20.1. The maximum atomic E-state index is 13.1. The molecular weight excluding hydrogens is 525 g/mol. The Morgan fingerprint density at radius 1 is 0.892 bits per heavy atom. The standard InChI is InChI=1S/C31H21N3O2Se/c1-30(2)21-11-7-12-22-25(21)34(28-23(30)13-8-14-33-28)29-24(31(22,3)32-4)16-17(37-29)15-20-26(35)18-9-5-6-10-19(18)27(20)36/h5-16H,1-3H3. The maximum absolute atomic E-state index is 13.1. The fourth-order valence-corrected chi connectivity index (χ4v) is 8.54. The van der Waals surface area contributed by atoms with E-state index in [0.29, 0.717) is 11.1 Å². The van der Waals surface area contributed by atoms with Gasteiger partial charge in [0.15, 0.2) is 0 Å². The number of hydrogen-bond donors (Lipinski definition) is 0. The molecule has 2 aliphatic heterocycles. The van der Waals surface area contributed by atoms with Gasteiger partial charge in [-0.1, -0.05) is 0 Å². The third-order valence-electron chi connectivity index (χ3n) is 8.00. The molecule has 0 spiro atoms. The number of allylic oxidation sites excluding steroid dienone is 1. The van der Waals surface area contributed by atoms with E-state index in [9.17, 15) is 9.59 Å². The number of ketones is 2. The Morgan fingerprint density at radius 3 is 2.27 bits per heavy atom. The summed E-state index contributed by atoms with van der Waals surface area (Å²) in [6.45, 7) is 14.7. The van der Waals surface area contributed by atoms with E-state index in [-0.39, 0.29) is 37.1 Å². The Hall–Kier alpha value is -4.04. The van der Waals surface area contributed by atoms with Gasteiger partial charge in [-0.2, -0.15) is 0 Å². The number of aromatic nitrogens is 1. The predicted octanol–water partition coefficient (Wildman–Crippen LogP) is 6.21. The Bertz CT molecular complexity index is 1750. The first-order valence-corrected chi connectivity index (χ1v) is 13.8. The van der Waals surface area contributed by atoms with Gasteiger partial charge in [0, 0.05) is 0 Å². The number of pyridine rings is 1. The van der Waals surface area contributed by atoms with Crippen molar-refractivity contribution in [1.29, 1.82) is 0 Å². The summed E-state index contributed by atoms with van der Waals surface area (Å²) in [5.41, 5.74) is 5.21. The predicted molar refractivity (Wildman–Crippen MR) is 144 cm³/mol. The number of hydrogen-bond acceptors (Lipinski definition) is 4. The zero-order chi connectivity index (χ0) is 25.7. The van der Waals surface area contributed by atoms with Gasteiger partial charge in [-0.05, 0) is 0 Å². The molecule has 1 atom stereocenters. The van der Waals surface area contributed by atoms with E-state index in [2.05, 4.69) is 41.8 Å². The van der Waals surface area contributed by atoms with Gasteiger partial charge in [-0.25, -0.2) is 0 Å². The van der Waals surface area contributed by atoms with E-state index in [0.717, 1.165) is 37.2 Å². The molecule has 1 unspecified atom stereocenters. The molecule has 0 fully saturated rings. The second-order valence-corrected chi connectivity index (χ2v) is 12.6. The number of carbonyl (C=O) groups is 2. The molecule has 0 N–H and O–H groups in total. The second-order valence-electron chi connectivity index (χ2n) is 10.4. The topological polar surface area (TPSA) is 54.6 Å². The molecule has 0 saturated heterocycles. The summed E-state index contributed by atoms with van der Waals surface area (Å²) in [5.74, 6) is 0.427. The van der Waals surface area contributed by atoms with Crippen LogP contribution in [0.25, 0.3) is 10.9 Å². The third kappa shape index (κ3) is 2.71. The van der Waals surface area contributed by atoms with Crippen molar-refractivity contribution in [3.8, 4) is 0 Å². The van der Waals surface area contributed by atoms with Gasteiger partial charge in [0.25, 0.3) is 0 Å². The number of nitrogens with zero attached hydrogens (tertiary/aromatic N) is 3. The van der Waals surface area contributed by atoms with Crippen LogP contribution in [-0.2, 0) is 11.0 Å². The van der Waals surface area contributed by atoms with Gasteiger partial charge >= 0.3 is 221 Å². The van der Waals surface area contributed by atoms with E-state index >= 15 is 0 Å². The van der Waals surface area contributed by atoms with Crippen LogP contribution in [0.3, 0.4) is 0 Å². The van der Waals surface area contributed by atoms with Crippen LogP contribution in [0.1, 0.15) is 68.2 Å². The Labute approximate surface area is 220 Å². The van der Waals surface area contributed by atoms with E-state index in [1.165, 1.54) is 5.56 Å². The summed E-state index contributed by atoms with van der Waals surface area (Å²) in [6, 6.07) is 19.4. The molecule has 37 heavy (non-hydrogen) atoms. The molecule has 0 saturated carbocycles. The van der Waals surface area contributed by atoms with Crippen LogP contribution in [0.2, 0.25) is 0 Å². The van der Waals surface area contributed by atoms with E-state index in [1.54, 1.807) is 30.3 Å². The van der Waals surface area contributed by atoms with Gasteiger partial charge in [-0.3, -0.25) is 0 Å². The Morgan fingerprint density at radius 2 is 1.57 bits per heavy atom. The van der Waals surface area contributed by atoms with Crippen LogP contribution < -0.4 is 4.90 Å². The van der Waals surface area contributed by atoms with Crippen LogP contribution >= 0.6 is 0 Å². The molecular formula is C31H21N3O2Se. The number of benzene rings is 2. The summed E-state index contributed by atoms with van der Waals surface area (Å²) in [7, 11) is 0. The number of carbonyl (C=O) groups excluding carboxylic acids is 2. The first kappa shape index (κ1) is 22.2. The van der Waals surface area contributed by atoms with Crippen molar-refractivity contribution in [1.82, 2.24) is 4.98 Å². The van der Waals surface area contributed by atoms with Crippen LogP contribution in [0.15, 0.2) is 72.4 Å². The molecule has 0 amide bonds. The van der Waals surface area contributed by atoms with Gasteiger partial charge in [0.05, 0.1) is 0 Å². The average molecular weight is 546 g/mol. The van der Waals surface area contributed by atoms with Crippen molar-refractivity contribution in [3.63, 3.8) is 0 Å². The molecule has 178 valence electrons. The number of fused-ring (bicyclic) bond motifs is 5. The fourth-order valence-electron chi connectivity index (χ4n) is 5.99. The summed E-state index contributed by atoms with van der Waals surface area (Å²) in [4.78, 5) is 37.4. The van der Waals surface area contributed by atoms with Gasteiger partial charge < -0.3 is 0 Å². The zero-order valence-electron chi connectivity index (χ0n) is 20.5. The van der Waals surface area contributed by atoms with Gasteiger partial charge in [0.2, 0.25) is 0 Å². The molecule has 4 aromatic rings. The molecule has 7 rings (SSSR count). The number of rotatable bonds is 1. The molecule has 1 aliphatic carbocycles. The van der Waals surface area contributed by atoms with Gasteiger partial charge in [-0.15, -0.1) is 0 Å². The molecule has 6 heteroatoms. The van der Waals surface area contributed by atoms with Crippen LogP contribution in [0.5, 0.6) is 0 Å². The van der Waals surface area contributed by atoms with Crippen molar-refractivity contribution >= 4 is 48.2 Å². The summed E-state index contributed by atoms with van der Waals surface area (Å²) >= 11 is -0.231. The van der Waals surface area contributed by atoms with Crippen molar-refractivity contribution in [3.05, 3.63) is 122 Å². The van der Waals surface area contributed by atoms with Gasteiger partial charge in [0.1, 0.15) is 0 Å². The SMILES string of the molecule is [C-]#[N+]C1(C)c2cc(C=C3C(=O)c4ccccc4C3=O)[se]c2N2c3ncccc3C(C)(C)c3cccc1c32. The van der Waals surface area contributed by atoms with Crippen molar-refractivity contribution in [2.75, 3.05) is 4.90 Å². The number of Topliss-reactive ketones (excluding diaryl/α,β-unsaturated/α-hetero) is 2. The molecule has 2 aromatic heterocycles. The van der Waals surface area contributed by atoms with E-state index < -0.39 is 5.54 Å². The fraction of sp³-hybridized carbons (Fsp3) is 0.161. The van der Waals surface area contributed by atoms with E-state index in [4.69, 9.17) is 11.6 Å². The number of anilines is 3. The van der Waals surface area contributed by atoms with Crippen LogP contribution in [-0.4, -0.2) is 31.1 Å². The minimum absolute atomic E-state index is 0.204. The second kappa shape index (κ2) is 7.26. The monoisotopic (exact) mass is 547 g/mol. The number of para-hydroxylation sites is 1. The Balaban J connectivity index is 1.48. The van der Waals surface area contributed by atoms with Crippen molar-refractivity contribution in [2.45, 2.75) is 31.7 Å². The average Bonchev–Trinajstić information content (AvgIpc) is 3.44. The molecule has 0 radical (unpaired) electrons. The summed E-state index contributed by atoms with van der Waals surface area (Å²) in [5, 5.41) is 0. The summed E-state index contributed by atoms with van der Waals surface area (Å²) < 4.78 is 1.96. The van der Waals surface area contributed by atoms with Crippen molar-refractivity contribution in [2.24, 2.45) is 0 Å². The zero-order valence-corrected chi connectivity index (χ0v) is 22.2. The van der Waals surface area contributed by atoms with Crippen molar-refractivity contribution < 1.29 is 9.59 Å². The minimum atomic E-state index is -0.881. The molecule has 4 heterocycles. The molecule has 3 aliphatic rings. The molecule has 5 nitrogen and oxygen atoms in total. The first-order valence-electron chi connectivity index (χ1n) is 12.1. The van der Waals surface area contributed by atoms with Crippen LogP contribution in [0, 0.1) is 6.57 Å². The quantitative estimate of drug-likeness (QED) is 0.123. The summed E-state index contributed by atoms with van der Waals surface area (Å²) in [6.07, 6.45) is 3.57. The molecule has 0 bridgehead atoms. The van der Waals surface area contributed by atoms with Crippen LogP contribution in [0.4, 0.5) is 16.1 Å². The first-order chi connectivity index (χ1) is 17.8. The Kier molecular flexibility index (Phi) is 4.35. The van der Waals surface area contributed by atoms with E-state index in [1.807, 2.05) is 31.3 Å².